The van der Waals surface area contributed by atoms with Crippen molar-refractivity contribution in [2.75, 3.05) is 0 Å². The predicted molar refractivity (Wildman–Crippen MR) is 121 cm³/mol. The molecule has 0 spiro atoms. The van der Waals surface area contributed by atoms with Crippen LogP contribution in [0.5, 0.6) is 5.75 Å². The summed E-state index contributed by atoms with van der Waals surface area (Å²) in [5.41, 5.74) is 12.3. The van der Waals surface area contributed by atoms with Crippen LogP contribution in [0.1, 0.15) is 68.9 Å². The Morgan fingerprint density at radius 3 is 2.41 bits per heavy atom. The van der Waals surface area contributed by atoms with Gasteiger partial charge in [-0.3, -0.25) is 4.79 Å². The zero-order valence-corrected chi connectivity index (χ0v) is 19.2. The Balaban J connectivity index is 2.04. The van der Waals surface area contributed by atoms with Gasteiger partial charge in [-0.2, -0.15) is 4.98 Å². The number of carboxylic acids is 1. The highest BCUT2D eigenvalue weighted by molar-refractivity contribution is 5.83. The number of rotatable bonds is 13. The van der Waals surface area contributed by atoms with E-state index in [9.17, 15) is 24.6 Å². The zero-order valence-electron chi connectivity index (χ0n) is 19.2. The van der Waals surface area contributed by atoms with Crippen molar-refractivity contribution >= 4 is 17.9 Å². The summed E-state index contributed by atoms with van der Waals surface area (Å²) in [4.78, 5) is 39.2. The molecule has 34 heavy (non-hydrogen) atoms. The van der Waals surface area contributed by atoms with Crippen molar-refractivity contribution in [3.63, 3.8) is 0 Å². The Kier molecular flexibility index (Phi) is 9.80. The van der Waals surface area contributed by atoms with E-state index in [1.807, 2.05) is 13.8 Å². The van der Waals surface area contributed by atoms with Gasteiger partial charge in [-0.05, 0) is 42.9 Å². The third-order valence-electron chi connectivity index (χ3n) is 5.52. The van der Waals surface area contributed by atoms with Gasteiger partial charge in [-0.25, -0.2) is 9.59 Å². The summed E-state index contributed by atoms with van der Waals surface area (Å²) in [5, 5.41) is 27.6. The normalized spacial score (nSPS) is 14.6. The molecule has 0 bridgehead atoms. The van der Waals surface area contributed by atoms with E-state index in [1.165, 1.54) is 0 Å². The van der Waals surface area contributed by atoms with Crippen LogP contribution in [0.2, 0.25) is 0 Å². The molecule has 12 heteroatoms. The van der Waals surface area contributed by atoms with Crippen molar-refractivity contribution < 1.29 is 29.1 Å². The fraction of sp³-hybridized carbons (Fsp3) is 0.500. The van der Waals surface area contributed by atoms with Crippen molar-refractivity contribution in [1.82, 2.24) is 20.8 Å². The number of aryl methyl sites for hydroxylation is 1. The number of amides is 3. The second-order valence-electron chi connectivity index (χ2n) is 8.18. The van der Waals surface area contributed by atoms with E-state index in [0.717, 1.165) is 5.56 Å². The van der Waals surface area contributed by atoms with Crippen molar-refractivity contribution in [3.05, 3.63) is 41.5 Å². The van der Waals surface area contributed by atoms with Gasteiger partial charge in [0.25, 0.3) is 0 Å². The molecule has 186 valence electrons. The van der Waals surface area contributed by atoms with Crippen LogP contribution in [0, 0.1) is 5.92 Å². The molecule has 12 nitrogen and oxygen atoms in total. The number of phenolic OH excluding ortho intramolecular Hbond substituents is 1. The minimum Gasteiger partial charge on any atom is -0.508 e. The molecule has 1 unspecified atom stereocenters. The van der Waals surface area contributed by atoms with Crippen LogP contribution in [0.15, 0.2) is 28.8 Å². The molecule has 2 rings (SSSR count). The third kappa shape index (κ3) is 8.03. The second kappa shape index (κ2) is 12.5. The van der Waals surface area contributed by atoms with Crippen LogP contribution in [0.25, 0.3) is 0 Å². The second-order valence-corrected chi connectivity index (χ2v) is 8.18. The summed E-state index contributed by atoms with van der Waals surface area (Å²) >= 11 is 0. The van der Waals surface area contributed by atoms with Gasteiger partial charge in [0.2, 0.25) is 11.8 Å². The number of carbonyl (C=O) groups excluding carboxylic acids is 2. The molecule has 0 radical (unpaired) electrons. The molecule has 8 N–H and O–H groups in total. The molecule has 0 saturated heterocycles. The minimum absolute atomic E-state index is 0.110. The van der Waals surface area contributed by atoms with Gasteiger partial charge in [-0.15, -0.1) is 0 Å². The summed E-state index contributed by atoms with van der Waals surface area (Å²) < 4.78 is 5.38. The van der Waals surface area contributed by atoms with Crippen LogP contribution < -0.4 is 22.1 Å². The highest BCUT2D eigenvalue weighted by Crippen LogP contribution is 2.25. The van der Waals surface area contributed by atoms with Crippen LogP contribution in [0.3, 0.4) is 0 Å². The number of nitrogens with two attached hydrogens (primary N) is 2. The lowest BCUT2D eigenvalue weighted by atomic mass is 9.99. The molecule has 2 aromatic rings. The molecular weight excluding hydrogens is 444 g/mol. The largest absolute Gasteiger partial charge is 0.508 e. The molecule has 0 aliphatic heterocycles. The van der Waals surface area contributed by atoms with Crippen molar-refractivity contribution in [1.29, 1.82) is 0 Å². The molecule has 3 amide bonds. The van der Waals surface area contributed by atoms with E-state index in [-0.39, 0.29) is 36.2 Å². The first kappa shape index (κ1) is 26.6. The summed E-state index contributed by atoms with van der Waals surface area (Å²) in [5.74, 6) is -1.42. The average Bonchev–Trinajstić information content (AvgIpc) is 3.28. The number of primary amides is 1. The first-order valence-electron chi connectivity index (χ1n) is 11.1. The highest BCUT2D eigenvalue weighted by Gasteiger charge is 2.29. The SMILES string of the molecule is CCC(C)[C@H](NC(=O)N[C@@H](CCC(N)=O)C(=O)O)c1nc([C@@H](N)CCc2ccc(O)cc2)no1. The van der Waals surface area contributed by atoms with E-state index in [2.05, 4.69) is 20.8 Å². The lowest BCUT2D eigenvalue weighted by Gasteiger charge is -2.22. The predicted octanol–water partition coefficient (Wildman–Crippen LogP) is 1.51. The molecule has 4 atom stereocenters. The Bertz CT molecular complexity index is 963. The lowest BCUT2D eigenvalue weighted by Crippen LogP contribution is -2.48. The number of hydrogen-bond acceptors (Lipinski definition) is 8. The number of carboxylic acid groups (broad SMARTS) is 1. The number of aliphatic carboxylic acids is 1. The maximum Gasteiger partial charge on any atom is 0.326 e. The number of aromatic nitrogens is 2. The van der Waals surface area contributed by atoms with Crippen LogP contribution >= 0.6 is 0 Å². The number of urea groups is 1. The zero-order chi connectivity index (χ0) is 25.3. The number of hydrogen-bond donors (Lipinski definition) is 6. The summed E-state index contributed by atoms with van der Waals surface area (Å²) in [6.45, 7) is 3.80. The lowest BCUT2D eigenvalue weighted by molar-refractivity contribution is -0.139. The fourth-order valence-electron chi connectivity index (χ4n) is 3.21. The van der Waals surface area contributed by atoms with E-state index in [4.69, 9.17) is 16.0 Å². The molecule has 0 fully saturated rings. The number of carbonyl (C=O) groups is 3. The van der Waals surface area contributed by atoms with Crippen LogP contribution in [0.4, 0.5) is 4.79 Å². The topological polar surface area (TPSA) is 207 Å². The van der Waals surface area contributed by atoms with Crippen LogP contribution in [-0.2, 0) is 16.0 Å². The number of phenols is 1. The Morgan fingerprint density at radius 1 is 1.15 bits per heavy atom. The number of benzene rings is 1. The number of nitrogens with one attached hydrogen (secondary N) is 2. The van der Waals surface area contributed by atoms with Crippen molar-refractivity contribution in [3.8, 4) is 5.75 Å². The van der Waals surface area contributed by atoms with Gasteiger partial charge < -0.3 is 36.8 Å². The molecule has 0 saturated carbocycles. The van der Waals surface area contributed by atoms with Gasteiger partial charge >= 0.3 is 12.0 Å². The van der Waals surface area contributed by atoms with Gasteiger partial charge in [0.15, 0.2) is 5.82 Å². The quantitative estimate of drug-likeness (QED) is 0.247. The monoisotopic (exact) mass is 476 g/mol. The van der Waals surface area contributed by atoms with E-state index >= 15 is 0 Å². The van der Waals surface area contributed by atoms with E-state index in [1.54, 1.807) is 24.3 Å². The van der Waals surface area contributed by atoms with Crippen LogP contribution in [-0.4, -0.2) is 44.3 Å². The Labute approximate surface area is 197 Å². The first-order chi connectivity index (χ1) is 16.1. The molecule has 0 aliphatic carbocycles. The van der Waals surface area contributed by atoms with Gasteiger partial charge in [0, 0.05) is 6.42 Å². The fourth-order valence-corrected chi connectivity index (χ4v) is 3.21. The van der Waals surface area contributed by atoms with E-state index < -0.39 is 36.0 Å². The standard InChI is InChI=1S/C22H32N6O6/c1-3-12(2)18(26-22(33)25-16(21(31)32)10-11-17(24)30)20-27-19(28-34-20)15(23)9-6-13-4-7-14(29)8-5-13/h4-5,7-8,12,15-16,18,29H,3,6,9-11,23H2,1-2H3,(H2,24,30)(H,31,32)(H2,25,26,33)/t12?,15-,16-,18-/m0/s1. The highest BCUT2D eigenvalue weighted by atomic mass is 16.5. The van der Waals surface area contributed by atoms with E-state index in [0.29, 0.717) is 19.3 Å². The summed E-state index contributed by atoms with van der Waals surface area (Å²) in [6.07, 6.45) is 1.53. The number of nitrogens with zero attached hydrogens (tertiary/aromatic N) is 2. The average molecular weight is 477 g/mol. The van der Waals surface area contributed by atoms with Gasteiger partial charge in [0.05, 0.1) is 6.04 Å². The Morgan fingerprint density at radius 2 is 1.82 bits per heavy atom. The molecule has 1 heterocycles. The molecule has 1 aromatic heterocycles. The summed E-state index contributed by atoms with van der Waals surface area (Å²) in [6, 6.07) is 3.59. The molecule has 1 aromatic carbocycles. The maximum atomic E-state index is 12.5. The molecule has 0 aliphatic rings. The van der Waals surface area contributed by atoms with Gasteiger partial charge in [0.1, 0.15) is 17.8 Å². The van der Waals surface area contributed by atoms with Gasteiger partial charge in [-0.1, -0.05) is 37.6 Å². The maximum absolute atomic E-state index is 12.5. The van der Waals surface area contributed by atoms with Crippen molar-refractivity contribution in [2.24, 2.45) is 17.4 Å². The summed E-state index contributed by atoms with van der Waals surface area (Å²) in [7, 11) is 0. The minimum atomic E-state index is -1.28. The smallest absolute Gasteiger partial charge is 0.326 e. The third-order valence-corrected chi connectivity index (χ3v) is 5.52. The van der Waals surface area contributed by atoms with Crippen molar-refractivity contribution in [2.45, 2.75) is 64.1 Å². The molecular formula is C22H32N6O6. The Hall–Kier alpha value is -3.67. The first-order valence-corrected chi connectivity index (χ1v) is 11.1. The number of aromatic hydroxyl groups is 1.